The van der Waals surface area contributed by atoms with Crippen molar-refractivity contribution in [1.82, 2.24) is 15.6 Å². The van der Waals surface area contributed by atoms with Crippen molar-refractivity contribution in [2.45, 2.75) is 26.3 Å². The molecular formula is C21H26N4. The Morgan fingerprint density at radius 2 is 1.84 bits per heavy atom. The van der Waals surface area contributed by atoms with Crippen molar-refractivity contribution in [1.29, 1.82) is 0 Å². The van der Waals surface area contributed by atoms with Crippen LogP contribution in [0.3, 0.4) is 0 Å². The zero-order chi connectivity index (χ0) is 17.5. The summed E-state index contributed by atoms with van der Waals surface area (Å²) >= 11 is 0. The lowest BCUT2D eigenvalue weighted by molar-refractivity contribution is 0.686. The Labute approximate surface area is 149 Å². The number of nitrogens with zero attached hydrogens (tertiary/aromatic N) is 1. The molecule has 4 nitrogen and oxygen atoms in total. The third-order valence-corrected chi connectivity index (χ3v) is 4.32. The molecule has 0 saturated carbocycles. The Morgan fingerprint density at radius 1 is 1.08 bits per heavy atom. The van der Waals surface area contributed by atoms with E-state index >= 15 is 0 Å². The Hall–Kier alpha value is -2.75. The fourth-order valence-electron chi connectivity index (χ4n) is 2.98. The van der Waals surface area contributed by atoms with Crippen molar-refractivity contribution in [2.24, 2.45) is 4.99 Å². The fourth-order valence-corrected chi connectivity index (χ4v) is 2.98. The van der Waals surface area contributed by atoms with Crippen LogP contribution in [0.15, 0.2) is 65.8 Å². The second-order valence-corrected chi connectivity index (χ2v) is 6.15. The molecule has 1 heterocycles. The lowest BCUT2D eigenvalue weighted by Gasteiger charge is -2.18. The summed E-state index contributed by atoms with van der Waals surface area (Å²) in [4.78, 5) is 8.07. The Kier molecular flexibility index (Phi) is 5.73. The molecule has 0 aliphatic carbocycles. The molecule has 1 aromatic heterocycles. The minimum Gasteiger partial charge on any atom is -0.361 e. The molecule has 4 heteroatoms. The monoisotopic (exact) mass is 334 g/mol. The van der Waals surface area contributed by atoms with E-state index in [1.807, 2.05) is 6.07 Å². The molecule has 1 unspecified atom stereocenters. The summed E-state index contributed by atoms with van der Waals surface area (Å²) in [5.41, 5.74) is 3.75. The Balaban J connectivity index is 1.64. The highest BCUT2D eigenvalue weighted by Crippen LogP contribution is 2.18. The largest absolute Gasteiger partial charge is 0.361 e. The molecule has 130 valence electrons. The summed E-state index contributed by atoms with van der Waals surface area (Å²) in [6, 6.07) is 19.0. The first-order chi connectivity index (χ1) is 12.3. The average molecular weight is 334 g/mol. The maximum Gasteiger partial charge on any atom is 0.191 e. The predicted molar refractivity (Wildman–Crippen MR) is 106 cm³/mol. The summed E-state index contributed by atoms with van der Waals surface area (Å²) in [5.74, 6) is 0.860. The quantitative estimate of drug-likeness (QED) is 0.471. The molecule has 0 aliphatic rings. The Morgan fingerprint density at radius 3 is 2.64 bits per heavy atom. The molecule has 0 radical (unpaired) electrons. The molecule has 3 aromatic rings. The molecule has 3 N–H and O–H groups in total. The van der Waals surface area contributed by atoms with E-state index < -0.39 is 0 Å². The number of nitrogens with one attached hydrogen (secondary N) is 3. The molecule has 25 heavy (non-hydrogen) atoms. The normalized spacial score (nSPS) is 13.0. The van der Waals surface area contributed by atoms with Gasteiger partial charge < -0.3 is 15.6 Å². The minimum atomic E-state index is 0.215. The molecule has 3 rings (SSSR count). The van der Waals surface area contributed by atoms with Gasteiger partial charge in [0, 0.05) is 30.2 Å². The van der Waals surface area contributed by atoms with Gasteiger partial charge in [0.25, 0.3) is 0 Å². The lowest BCUT2D eigenvalue weighted by Crippen LogP contribution is -2.38. The zero-order valence-electron chi connectivity index (χ0n) is 14.9. The van der Waals surface area contributed by atoms with E-state index in [2.05, 4.69) is 84.2 Å². The van der Waals surface area contributed by atoms with Gasteiger partial charge in [0.1, 0.15) is 0 Å². The van der Waals surface area contributed by atoms with Gasteiger partial charge in [-0.3, -0.25) is 4.99 Å². The van der Waals surface area contributed by atoms with Crippen LogP contribution in [0.5, 0.6) is 0 Å². The molecular weight excluding hydrogens is 308 g/mol. The van der Waals surface area contributed by atoms with E-state index in [1.54, 1.807) is 0 Å². The van der Waals surface area contributed by atoms with Crippen molar-refractivity contribution in [3.05, 3.63) is 71.9 Å². The summed E-state index contributed by atoms with van der Waals surface area (Å²) < 4.78 is 0. The first-order valence-electron chi connectivity index (χ1n) is 8.92. The van der Waals surface area contributed by atoms with Gasteiger partial charge in [-0.1, -0.05) is 48.5 Å². The number of H-pyrrole nitrogens is 1. The van der Waals surface area contributed by atoms with Gasteiger partial charge in [-0.15, -0.1) is 0 Å². The molecule has 0 spiro atoms. The average Bonchev–Trinajstić information content (AvgIpc) is 3.06. The van der Waals surface area contributed by atoms with Gasteiger partial charge in [0.15, 0.2) is 5.96 Å². The van der Waals surface area contributed by atoms with Crippen LogP contribution in [0.1, 0.15) is 31.0 Å². The van der Waals surface area contributed by atoms with Gasteiger partial charge in [0.2, 0.25) is 0 Å². The van der Waals surface area contributed by atoms with Crippen LogP contribution in [0.25, 0.3) is 10.9 Å². The molecule has 1 atom stereocenters. The number of para-hydroxylation sites is 1. The maximum atomic E-state index is 4.74. The van der Waals surface area contributed by atoms with Crippen molar-refractivity contribution in [3.8, 4) is 0 Å². The summed E-state index contributed by atoms with van der Waals surface area (Å²) in [7, 11) is 0. The van der Waals surface area contributed by atoms with Crippen LogP contribution in [0, 0.1) is 0 Å². The molecule has 0 bridgehead atoms. The maximum absolute atomic E-state index is 4.74. The predicted octanol–water partition coefficient (Wildman–Crippen LogP) is 4.03. The topological polar surface area (TPSA) is 52.2 Å². The number of hydrogen-bond acceptors (Lipinski definition) is 1. The molecule has 0 saturated heterocycles. The number of guanidine groups is 1. The minimum absolute atomic E-state index is 0.215. The Bertz CT molecular complexity index is 820. The second kappa shape index (κ2) is 8.38. The number of rotatable bonds is 6. The van der Waals surface area contributed by atoms with E-state index in [0.717, 1.165) is 25.5 Å². The van der Waals surface area contributed by atoms with Gasteiger partial charge in [-0.05, 0) is 37.5 Å². The number of aromatic amines is 1. The third kappa shape index (κ3) is 4.41. The van der Waals surface area contributed by atoms with Crippen molar-refractivity contribution >= 4 is 16.9 Å². The van der Waals surface area contributed by atoms with E-state index in [1.165, 1.54) is 22.0 Å². The van der Waals surface area contributed by atoms with Gasteiger partial charge >= 0.3 is 0 Å². The molecule has 0 fully saturated rings. The number of aromatic nitrogens is 1. The lowest BCUT2D eigenvalue weighted by atomic mass is 10.1. The molecule has 0 amide bonds. The molecule has 0 aliphatic heterocycles. The zero-order valence-corrected chi connectivity index (χ0v) is 14.9. The van der Waals surface area contributed by atoms with Crippen LogP contribution >= 0.6 is 0 Å². The summed E-state index contributed by atoms with van der Waals surface area (Å²) in [6.07, 6.45) is 3.01. The number of aliphatic imine (C=N–C) groups is 1. The van der Waals surface area contributed by atoms with Crippen molar-refractivity contribution in [3.63, 3.8) is 0 Å². The van der Waals surface area contributed by atoms with Crippen LogP contribution in [0.2, 0.25) is 0 Å². The summed E-state index contributed by atoms with van der Waals surface area (Å²) in [5, 5.41) is 8.10. The first-order valence-corrected chi connectivity index (χ1v) is 8.92. The standard InChI is InChI=1S/C21H26N4/c1-3-22-21(25-16(2)17-9-5-4-6-10-17)23-14-13-18-15-24-20-12-8-7-11-19(18)20/h4-12,15-16,24H,3,13-14H2,1-2H3,(H2,22,23,25). The SMILES string of the molecule is CCNC(=NCCc1c[nH]c2ccccc12)NC(C)c1ccccc1. The van der Waals surface area contributed by atoms with Gasteiger partial charge in [-0.2, -0.15) is 0 Å². The number of benzene rings is 2. The fraction of sp³-hybridized carbons (Fsp3) is 0.286. The smallest absolute Gasteiger partial charge is 0.191 e. The van der Waals surface area contributed by atoms with Gasteiger partial charge in [-0.25, -0.2) is 0 Å². The van der Waals surface area contributed by atoms with Crippen LogP contribution in [-0.2, 0) is 6.42 Å². The van der Waals surface area contributed by atoms with Crippen molar-refractivity contribution in [2.75, 3.05) is 13.1 Å². The van der Waals surface area contributed by atoms with E-state index in [0.29, 0.717) is 0 Å². The van der Waals surface area contributed by atoms with Gasteiger partial charge in [0.05, 0.1) is 6.04 Å². The first kappa shape index (κ1) is 17.1. The number of hydrogen-bond donors (Lipinski definition) is 3. The van der Waals surface area contributed by atoms with Crippen LogP contribution in [-0.4, -0.2) is 24.0 Å². The summed E-state index contributed by atoms with van der Waals surface area (Å²) in [6.45, 7) is 5.84. The molecule has 2 aromatic carbocycles. The van der Waals surface area contributed by atoms with Crippen LogP contribution < -0.4 is 10.6 Å². The highest BCUT2D eigenvalue weighted by atomic mass is 15.2. The van der Waals surface area contributed by atoms with Crippen molar-refractivity contribution < 1.29 is 0 Å². The third-order valence-electron chi connectivity index (χ3n) is 4.32. The van der Waals surface area contributed by atoms with E-state index in [9.17, 15) is 0 Å². The number of fused-ring (bicyclic) bond motifs is 1. The highest BCUT2D eigenvalue weighted by Gasteiger charge is 2.07. The second-order valence-electron chi connectivity index (χ2n) is 6.15. The van der Waals surface area contributed by atoms with E-state index in [4.69, 9.17) is 4.99 Å². The van der Waals surface area contributed by atoms with E-state index in [-0.39, 0.29) is 6.04 Å². The highest BCUT2D eigenvalue weighted by molar-refractivity contribution is 5.83. The van der Waals surface area contributed by atoms with Crippen LogP contribution in [0.4, 0.5) is 0 Å².